The summed E-state index contributed by atoms with van der Waals surface area (Å²) in [6.07, 6.45) is 4.16. The molecule has 0 radical (unpaired) electrons. The van der Waals surface area contributed by atoms with Gasteiger partial charge in [-0.15, -0.1) is 0 Å². The number of nitrogens with zero attached hydrogens (tertiary/aromatic N) is 3. The molecular formula is C17H27N3O3. The van der Waals surface area contributed by atoms with E-state index in [2.05, 4.69) is 9.97 Å². The minimum Gasteiger partial charge on any atom is -0.477 e. The zero-order chi connectivity index (χ0) is 16.9. The van der Waals surface area contributed by atoms with E-state index in [0.717, 1.165) is 31.5 Å². The van der Waals surface area contributed by atoms with Gasteiger partial charge in [0.2, 0.25) is 5.88 Å². The molecule has 0 bridgehead atoms. The molecule has 0 unspecified atom stereocenters. The van der Waals surface area contributed by atoms with Crippen LogP contribution in [0.15, 0.2) is 12.4 Å². The van der Waals surface area contributed by atoms with Crippen LogP contribution >= 0.6 is 0 Å². The van der Waals surface area contributed by atoms with Gasteiger partial charge in [0.05, 0.1) is 6.61 Å². The van der Waals surface area contributed by atoms with Gasteiger partial charge in [-0.3, -0.25) is 0 Å². The minimum absolute atomic E-state index is 0.238. The Bertz CT molecular complexity index is 528. The molecule has 0 aromatic carbocycles. The van der Waals surface area contributed by atoms with Gasteiger partial charge in [0, 0.05) is 30.8 Å². The van der Waals surface area contributed by atoms with Crippen LogP contribution in [-0.4, -0.2) is 46.3 Å². The van der Waals surface area contributed by atoms with Crippen LogP contribution in [0.4, 0.5) is 4.79 Å². The summed E-state index contributed by atoms with van der Waals surface area (Å²) < 4.78 is 11.2. The first-order chi connectivity index (χ1) is 10.9. The van der Waals surface area contributed by atoms with Crippen molar-refractivity contribution in [2.45, 2.75) is 52.6 Å². The van der Waals surface area contributed by atoms with Crippen molar-refractivity contribution in [3.63, 3.8) is 0 Å². The second-order valence-corrected chi connectivity index (χ2v) is 6.95. The van der Waals surface area contributed by atoms with Crippen LogP contribution < -0.4 is 4.74 Å². The first kappa shape index (κ1) is 17.5. The molecule has 1 atom stereocenters. The van der Waals surface area contributed by atoms with E-state index in [1.165, 1.54) is 6.33 Å². The lowest BCUT2D eigenvalue weighted by molar-refractivity contribution is 0.0138. The summed E-state index contributed by atoms with van der Waals surface area (Å²) in [4.78, 5) is 22.2. The van der Waals surface area contributed by atoms with E-state index >= 15 is 0 Å². The molecule has 0 aliphatic carbocycles. The van der Waals surface area contributed by atoms with Crippen molar-refractivity contribution in [1.82, 2.24) is 14.9 Å². The second kappa shape index (κ2) is 7.62. The van der Waals surface area contributed by atoms with Crippen molar-refractivity contribution in [2.75, 3.05) is 19.7 Å². The van der Waals surface area contributed by atoms with E-state index in [9.17, 15) is 4.79 Å². The van der Waals surface area contributed by atoms with Gasteiger partial charge in [0.1, 0.15) is 11.9 Å². The number of rotatable bonds is 4. The van der Waals surface area contributed by atoms with Crippen LogP contribution in [0, 0.1) is 5.92 Å². The van der Waals surface area contributed by atoms with Crippen molar-refractivity contribution >= 4 is 6.09 Å². The highest BCUT2D eigenvalue weighted by Crippen LogP contribution is 2.20. The fourth-order valence-corrected chi connectivity index (χ4v) is 2.55. The molecule has 0 saturated carbocycles. The molecule has 128 valence electrons. The largest absolute Gasteiger partial charge is 0.477 e. The third-order valence-electron chi connectivity index (χ3n) is 3.70. The Balaban J connectivity index is 1.85. The molecular weight excluding hydrogens is 294 g/mol. The number of likely N-dealkylation sites (tertiary alicyclic amines) is 1. The summed E-state index contributed by atoms with van der Waals surface area (Å²) in [5, 5.41) is 0. The molecule has 2 rings (SSSR count). The Labute approximate surface area is 138 Å². The van der Waals surface area contributed by atoms with Gasteiger partial charge in [0.25, 0.3) is 0 Å². The lowest BCUT2D eigenvalue weighted by Gasteiger charge is -2.33. The van der Waals surface area contributed by atoms with Crippen molar-refractivity contribution in [3.05, 3.63) is 18.1 Å². The van der Waals surface area contributed by atoms with Gasteiger partial charge in [-0.1, -0.05) is 6.92 Å². The number of hydrogen-bond acceptors (Lipinski definition) is 5. The maximum atomic E-state index is 12.2. The molecule has 6 nitrogen and oxygen atoms in total. The number of amides is 1. The smallest absolute Gasteiger partial charge is 0.410 e. The zero-order valence-corrected chi connectivity index (χ0v) is 14.5. The third-order valence-corrected chi connectivity index (χ3v) is 3.70. The Morgan fingerprint density at radius 1 is 1.39 bits per heavy atom. The first-order valence-corrected chi connectivity index (χ1v) is 8.29. The topological polar surface area (TPSA) is 64.5 Å². The summed E-state index contributed by atoms with van der Waals surface area (Å²) in [5.74, 6) is 0.905. The van der Waals surface area contributed by atoms with Crippen LogP contribution in [0.2, 0.25) is 0 Å². The number of carbonyl (C=O) groups excluding carboxylic acids is 1. The predicted molar refractivity (Wildman–Crippen MR) is 87.4 cm³/mol. The molecule has 2 heterocycles. The summed E-state index contributed by atoms with van der Waals surface area (Å²) in [7, 11) is 0. The average molecular weight is 321 g/mol. The monoisotopic (exact) mass is 321 g/mol. The number of carbonyl (C=O) groups is 1. The summed E-state index contributed by atoms with van der Waals surface area (Å²) >= 11 is 0. The lowest BCUT2D eigenvalue weighted by Crippen LogP contribution is -2.44. The number of piperidine rings is 1. The molecule has 1 amide bonds. The van der Waals surface area contributed by atoms with Crippen molar-refractivity contribution in [3.8, 4) is 5.88 Å². The Morgan fingerprint density at radius 2 is 2.17 bits per heavy atom. The summed E-state index contributed by atoms with van der Waals surface area (Å²) in [5.41, 5.74) is 0.506. The predicted octanol–water partition coefficient (Wildman–Crippen LogP) is 3.06. The summed E-state index contributed by atoms with van der Waals surface area (Å²) in [6, 6.07) is 1.87. The quantitative estimate of drug-likeness (QED) is 0.853. The Hall–Kier alpha value is -1.85. The number of ether oxygens (including phenoxy) is 2. The zero-order valence-electron chi connectivity index (χ0n) is 14.5. The van der Waals surface area contributed by atoms with Crippen LogP contribution in [0.25, 0.3) is 0 Å². The van der Waals surface area contributed by atoms with E-state index in [-0.39, 0.29) is 6.09 Å². The number of aromatic nitrogens is 2. The van der Waals surface area contributed by atoms with E-state index in [1.807, 2.05) is 33.8 Å². The molecule has 0 spiro atoms. The highest BCUT2D eigenvalue weighted by molar-refractivity contribution is 5.68. The number of hydrogen-bond donors (Lipinski definition) is 0. The fourth-order valence-electron chi connectivity index (χ4n) is 2.55. The van der Waals surface area contributed by atoms with E-state index in [0.29, 0.717) is 24.9 Å². The van der Waals surface area contributed by atoms with Crippen molar-refractivity contribution < 1.29 is 14.3 Å². The fraction of sp³-hybridized carbons (Fsp3) is 0.706. The molecule has 1 aromatic heterocycles. The van der Waals surface area contributed by atoms with Crippen LogP contribution in [-0.2, 0) is 11.2 Å². The van der Waals surface area contributed by atoms with Gasteiger partial charge >= 0.3 is 6.09 Å². The van der Waals surface area contributed by atoms with E-state index in [4.69, 9.17) is 9.47 Å². The first-order valence-electron chi connectivity index (χ1n) is 8.29. The van der Waals surface area contributed by atoms with Gasteiger partial charge in [-0.25, -0.2) is 14.8 Å². The maximum absolute atomic E-state index is 12.2. The molecule has 1 aromatic rings. The van der Waals surface area contributed by atoms with Gasteiger partial charge in [-0.2, -0.15) is 0 Å². The summed E-state index contributed by atoms with van der Waals surface area (Å²) in [6.45, 7) is 9.67. The highest BCUT2D eigenvalue weighted by Gasteiger charge is 2.27. The molecule has 1 fully saturated rings. The van der Waals surface area contributed by atoms with Crippen LogP contribution in [0.5, 0.6) is 5.88 Å². The SMILES string of the molecule is CCc1cc(OC[C@@H]2CCCN(C(=O)OC(C)(C)C)C2)ncn1. The number of aryl methyl sites for hydroxylation is 1. The lowest BCUT2D eigenvalue weighted by atomic mass is 9.99. The van der Waals surface area contributed by atoms with Crippen molar-refractivity contribution in [1.29, 1.82) is 0 Å². The normalized spacial score (nSPS) is 18.6. The van der Waals surface area contributed by atoms with E-state index in [1.54, 1.807) is 4.90 Å². The maximum Gasteiger partial charge on any atom is 0.410 e. The highest BCUT2D eigenvalue weighted by atomic mass is 16.6. The molecule has 1 aliphatic rings. The van der Waals surface area contributed by atoms with E-state index < -0.39 is 5.60 Å². The molecule has 23 heavy (non-hydrogen) atoms. The van der Waals surface area contributed by atoms with Crippen LogP contribution in [0.1, 0.15) is 46.2 Å². The van der Waals surface area contributed by atoms with Crippen molar-refractivity contribution in [2.24, 2.45) is 5.92 Å². The molecule has 6 heteroatoms. The molecule has 1 aliphatic heterocycles. The second-order valence-electron chi connectivity index (χ2n) is 6.95. The van der Waals surface area contributed by atoms with Gasteiger partial charge in [-0.05, 0) is 40.0 Å². The molecule has 0 N–H and O–H groups in total. The van der Waals surface area contributed by atoms with Gasteiger partial charge < -0.3 is 14.4 Å². The average Bonchev–Trinajstić information content (AvgIpc) is 2.52. The molecule has 1 saturated heterocycles. The van der Waals surface area contributed by atoms with Crippen LogP contribution in [0.3, 0.4) is 0 Å². The third kappa shape index (κ3) is 5.69. The van der Waals surface area contributed by atoms with Gasteiger partial charge in [0.15, 0.2) is 0 Å². The standard InChI is InChI=1S/C17H27N3O3/c1-5-14-9-15(19-12-18-14)22-11-13-7-6-8-20(10-13)16(21)23-17(2,3)4/h9,12-13H,5-8,10-11H2,1-4H3/t13-/m1/s1. The Morgan fingerprint density at radius 3 is 2.87 bits per heavy atom. The Kier molecular flexibility index (Phi) is 5.80. The minimum atomic E-state index is -0.460.